The van der Waals surface area contributed by atoms with Gasteiger partial charge in [0.05, 0.1) is 13.2 Å². The molecule has 4 nitrogen and oxygen atoms in total. The number of hydrogen-bond donors (Lipinski definition) is 2. The van der Waals surface area contributed by atoms with Crippen LogP contribution in [0, 0.1) is 0 Å². The van der Waals surface area contributed by atoms with Crippen molar-refractivity contribution in [3.63, 3.8) is 0 Å². The van der Waals surface area contributed by atoms with E-state index < -0.39 is 12.1 Å². The Balaban J connectivity index is 2.46. The van der Waals surface area contributed by atoms with Crippen molar-refractivity contribution in [2.45, 2.75) is 18.6 Å². The monoisotopic (exact) mass is 145 g/mol. The van der Waals surface area contributed by atoms with Crippen molar-refractivity contribution in [2.75, 3.05) is 13.7 Å². The van der Waals surface area contributed by atoms with E-state index in [1.807, 2.05) is 0 Å². The summed E-state index contributed by atoms with van der Waals surface area (Å²) in [6.07, 6.45) is 0.0483. The van der Waals surface area contributed by atoms with E-state index >= 15 is 0 Å². The van der Waals surface area contributed by atoms with Crippen LogP contribution in [-0.4, -0.2) is 36.9 Å². The molecule has 0 spiro atoms. The zero-order chi connectivity index (χ0) is 7.56. The van der Waals surface area contributed by atoms with Crippen LogP contribution in [0.1, 0.15) is 6.42 Å². The number of carbonyl (C=O) groups excluding carboxylic acids is 1. The smallest absolute Gasteiger partial charge is 0.325 e. The molecule has 0 aromatic carbocycles. The molecule has 1 aliphatic heterocycles. The third-order valence-electron chi connectivity index (χ3n) is 1.64. The van der Waals surface area contributed by atoms with Crippen LogP contribution < -0.4 is 5.32 Å². The van der Waals surface area contributed by atoms with Gasteiger partial charge in [-0.2, -0.15) is 0 Å². The highest BCUT2D eigenvalue weighted by molar-refractivity contribution is 5.76. The normalized spacial score (nSPS) is 32.2. The fourth-order valence-electron chi connectivity index (χ4n) is 1.06. The van der Waals surface area contributed by atoms with Crippen molar-refractivity contribution < 1.29 is 14.6 Å². The number of nitrogens with one attached hydrogen (secondary N) is 1. The quantitative estimate of drug-likeness (QED) is 0.459. The summed E-state index contributed by atoms with van der Waals surface area (Å²) in [4.78, 5) is 10.8. The predicted octanol–water partition coefficient (Wildman–Crippen LogP) is -1.12. The van der Waals surface area contributed by atoms with Crippen LogP contribution in [0.5, 0.6) is 0 Å². The van der Waals surface area contributed by atoms with Crippen LogP contribution in [0.25, 0.3) is 0 Å². The van der Waals surface area contributed by atoms with Crippen LogP contribution in [0.4, 0.5) is 0 Å². The third kappa shape index (κ3) is 1.27. The first-order valence-electron chi connectivity index (χ1n) is 3.25. The Morgan fingerprint density at radius 1 is 1.80 bits per heavy atom. The van der Waals surface area contributed by atoms with Gasteiger partial charge < -0.3 is 15.2 Å². The van der Waals surface area contributed by atoms with Gasteiger partial charge >= 0.3 is 5.97 Å². The van der Waals surface area contributed by atoms with Gasteiger partial charge in [0.1, 0.15) is 6.04 Å². The fraction of sp³-hybridized carbons (Fsp3) is 0.833. The molecule has 0 aromatic heterocycles. The molecule has 0 unspecified atom stereocenters. The average molecular weight is 145 g/mol. The molecule has 0 radical (unpaired) electrons. The number of ether oxygens (including phenoxy) is 1. The SMILES string of the molecule is COC(=O)[C@H]1NCC[C@H]1O. The van der Waals surface area contributed by atoms with Gasteiger partial charge in [-0.15, -0.1) is 0 Å². The van der Waals surface area contributed by atoms with Gasteiger partial charge in [0.2, 0.25) is 0 Å². The summed E-state index contributed by atoms with van der Waals surface area (Å²) < 4.78 is 4.44. The highest BCUT2D eigenvalue weighted by Crippen LogP contribution is 2.07. The number of aliphatic hydroxyl groups excluding tert-OH is 1. The summed E-state index contributed by atoms with van der Waals surface area (Å²) >= 11 is 0. The molecule has 0 amide bonds. The molecule has 1 fully saturated rings. The van der Waals surface area contributed by atoms with Gasteiger partial charge in [-0.25, -0.2) is 0 Å². The first kappa shape index (κ1) is 7.50. The van der Waals surface area contributed by atoms with Gasteiger partial charge in [0.25, 0.3) is 0 Å². The lowest BCUT2D eigenvalue weighted by Gasteiger charge is -2.10. The first-order chi connectivity index (χ1) is 4.75. The van der Waals surface area contributed by atoms with Crippen molar-refractivity contribution >= 4 is 5.97 Å². The Labute approximate surface area is 59.2 Å². The van der Waals surface area contributed by atoms with E-state index in [-0.39, 0.29) is 5.97 Å². The molecule has 0 aromatic rings. The van der Waals surface area contributed by atoms with Gasteiger partial charge in [0.15, 0.2) is 0 Å². The van der Waals surface area contributed by atoms with E-state index in [1.165, 1.54) is 7.11 Å². The van der Waals surface area contributed by atoms with Crippen LogP contribution in [0.3, 0.4) is 0 Å². The summed E-state index contributed by atoms with van der Waals surface area (Å²) in [6, 6.07) is -0.509. The average Bonchev–Trinajstić information content (AvgIpc) is 2.34. The van der Waals surface area contributed by atoms with Crippen LogP contribution in [0.15, 0.2) is 0 Å². The number of rotatable bonds is 1. The molecule has 0 saturated carbocycles. The second-order valence-corrected chi connectivity index (χ2v) is 2.31. The standard InChI is InChI=1S/C6H11NO3/c1-10-6(9)5-4(8)2-3-7-5/h4-5,7-8H,2-3H2,1H3/t4-,5+/m1/s1. The van der Waals surface area contributed by atoms with E-state index in [2.05, 4.69) is 10.1 Å². The maximum Gasteiger partial charge on any atom is 0.325 e. The minimum absolute atomic E-state index is 0.384. The first-order valence-corrected chi connectivity index (χ1v) is 3.25. The van der Waals surface area contributed by atoms with Crippen LogP contribution in [0.2, 0.25) is 0 Å². The van der Waals surface area contributed by atoms with Gasteiger partial charge in [-0.1, -0.05) is 0 Å². The molecule has 58 valence electrons. The molecular weight excluding hydrogens is 134 g/mol. The zero-order valence-corrected chi connectivity index (χ0v) is 5.83. The molecular formula is C6H11NO3. The second-order valence-electron chi connectivity index (χ2n) is 2.31. The number of methoxy groups -OCH3 is 1. The predicted molar refractivity (Wildman–Crippen MR) is 34.4 cm³/mol. The van der Waals surface area contributed by atoms with E-state index in [9.17, 15) is 4.79 Å². The molecule has 1 saturated heterocycles. The van der Waals surface area contributed by atoms with Crippen molar-refractivity contribution in [2.24, 2.45) is 0 Å². The lowest BCUT2D eigenvalue weighted by molar-refractivity contribution is -0.144. The summed E-state index contributed by atoms with van der Waals surface area (Å²) in [5.41, 5.74) is 0. The third-order valence-corrected chi connectivity index (χ3v) is 1.64. The van der Waals surface area contributed by atoms with Crippen LogP contribution in [-0.2, 0) is 9.53 Å². The van der Waals surface area contributed by atoms with E-state index in [0.717, 1.165) is 0 Å². The molecule has 0 aliphatic carbocycles. The number of hydrogen-bond acceptors (Lipinski definition) is 4. The Morgan fingerprint density at radius 3 is 2.90 bits per heavy atom. The lowest BCUT2D eigenvalue weighted by Crippen LogP contribution is -2.39. The van der Waals surface area contributed by atoms with E-state index in [0.29, 0.717) is 13.0 Å². The number of esters is 1. The van der Waals surface area contributed by atoms with Crippen molar-refractivity contribution in [1.29, 1.82) is 0 Å². The van der Waals surface area contributed by atoms with Gasteiger partial charge in [-0.3, -0.25) is 4.79 Å². The summed E-state index contributed by atoms with van der Waals surface area (Å²) in [7, 11) is 1.31. The second kappa shape index (κ2) is 2.98. The van der Waals surface area contributed by atoms with E-state index in [4.69, 9.17) is 5.11 Å². The van der Waals surface area contributed by atoms with Crippen molar-refractivity contribution in [3.05, 3.63) is 0 Å². The summed E-state index contributed by atoms with van der Waals surface area (Å²) in [5, 5.41) is 12.0. The zero-order valence-electron chi connectivity index (χ0n) is 5.83. The van der Waals surface area contributed by atoms with E-state index in [1.54, 1.807) is 0 Å². The molecule has 4 heteroatoms. The summed E-state index contributed by atoms with van der Waals surface area (Å²) in [6.45, 7) is 0.681. The Morgan fingerprint density at radius 2 is 2.50 bits per heavy atom. The highest BCUT2D eigenvalue weighted by atomic mass is 16.5. The molecule has 1 rings (SSSR count). The molecule has 2 N–H and O–H groups in total. The minimum atomic E-state index is -0.576. The molecule has 2 atom stereocenters. The van der Waals surface area contributed by atoms with Crippen molar-refractivity contribution in [1.82, 2.24) is 5.32 Å². The maximum atomic E-state index is 10.8. The highest BCUT2D eigenvalue weighted by Gasteiger charge is 2.31. The largest absolute Gasteiger partial charge is 0.468 e. The Kier molecular flexibility index (Phi) is 2.24. The summed E-state index contributed by atoms with van der Waals surface area (Å²) in [5.74, 6) is -0.384. The van der Waals surface area contributed by atoms with Gasteiger partial charge in [-0.05, 0) is 13.0 Å². The Bertz CT molecular complexity index is 137. The molecule has 0 bridgehead atoms. The molecule has 1 aliphatic rings. The minimum Gasteiger partial charge on any atom is -0.468 e. The fourth-order valence-corrected chi connectivity index (χ4v) is 1.06. The van der Waals surface area contributed by atoms with Crippen molar-refractivity contribution in [3.8, 4) is 0 Å². The lowest BCUT2D eigenvalue weighted by atomic mass is 10.2. The van der Waals surface area contributed by atoms with Crippen LogP contribution >= 0.6 is 0 Å². The maximum absolute atomic E-state index is 10.8. The van der Waals surface area contributed by atoms with Gasteiger partial charge in [0, 0.05) is 0 Å². The number of aliphatic hydroxyl groups is 1. The molecule has 10 heavy (non-hydrogen) atoms. The topological polar surface area (TPSA) is 58.6 Å². The number of carbonyl (C=O) groups is 1. The molecule has 1 heterocycles. The Hall–Kier alpha value is -0.610.